The third kappa shape index (κ3) is 5.11. The van der Waals surface area contributed by atoms with Gasteiger partial charge in [0, 0.05) is 50.5 Å². The second-order valence-corrected chi connectivity index (χ2v) is 15.9. The summed E-state index contributed by atoms with van der Waals surface area (Å²) in [7, 11) is 0. The van der Waals surface area contributed by atoms with Gasteiger partial charge in [-0.15, -0.1) is 0 Å². The topological polar surface area (TPSA) is 19.0 Å². The van der Waals surface area contributed by atoms with E-state index in [1.807, 2.05) is 0 Å². The molecule has 12 rings (SSSR count). The first-order chi connectivity index (χ1) is 29.1. The normalized spacial score (nSPS) is 12.9. The fourth-order valence-corrected chi connectivity index (χ4v) is 9.76. The third-order valence-corrected chi connectivity index (χ3v) is 12.3. The predicted octanol–water partition coefficient (Wildman–Crippen LogP) is 12.8. The minimum Gasteiger partial charge on any atom is -0.458 e. The molecule has 5 heteroatoms. The van der Waals surface area contributed by atoms with Gasteiger partial charge in [-0.05, 0) is 127 Å². The molecule has 3 heterocycles. The molecular formula is C54H38BN3O. The minimum atomic E-state index is -0.0191. The molecule has 0 spiro atoms. The Balaban J connectivity index is 1.11. The van der Waals surface area contributed by atoms with E-state index in [2.05, 4.69) is 223 Å². The summed E-state index contributed by atoms with van der Waals surface area (Å²) < 4.78 is 7.09. The zero-order chi connectivity index (χ0) is 39.2. The lowest BCUT2D eigenvalue weighted by Crippen LogP contribution is -2.59. The molecule has 9 aromatic rings. The molecule has 0 atom stereocenters. The van der Waals surface area contributed by atoms with Crippen molar-refractivity contribution >= 4 is 85.1 Å². The monoisotopic (exact) mass is 755 g/mol. The summed E-state index contributed by atoms with van der Waals surface area (Å²) >= 11 is 0. The lowest BCUT2D eigenvalue weighted by molar-refractivity contribution is 0.488. The second-order valence-electron chi connectivity index (χ2n) is 15.9. The number of para-hydroxylation sites is 3. The molecule has 4 nitrogen and oxygen atoms in total. The van der Waals surface area contributed by atoms with Crippen molar-refractivity contribution in [2.75, 3.05) is 14.7 Å². The zero-order valence-electron chi connectivity index (χ0n) is 32.8. The standard InChI is InChI=1S/C54H38BN3O/c1-35-24-27-40(28-25-35)57-47-30-26-36(2)32-44(47)55-45-34-50-43(33-52(45)59-51-23-13-22-49(57)54(51)55)41-29-31-46(56(37-14-6-3-7-15-37)38-16-8-4-9-17-38)42-20-12-21-48(53(41)42)58(50)39-18-10-5-11-19-39/h3-34H,1-2H3. The molecule has 9 aromatic carbocycles. The van der Waals surface area contributed by atoms with Crippen molar-refractivity contribution in [3.8, 4) is 22.6 Å². The Bertz CT molecular complexity index is 3070. The number of anilines is 9. The van der Waals surface area contributed by atoms with Crippen LogP contribution >= 0.6 is 0 Å². The number of rotatable bonds is 5. The number of fused-ring (bicyclic) bond motifs is 6. The highest BCUT2D eigenvalue weighted by atomic mass is 16.5. The number of hydrogen-bond acceptors (Lipinski definition) is 4. The fraction of sp³-hybridized carbons (Fsp3) is 0.0370. The SMILES string of the molecule is Cc1ccc(N2c3ccc(C)cc3B3c4cc5c(cc4Oc4cccc2c43)-c2ccc(N(c3ccccc3)c3ccccc3)c3cccc(c23)N5c2ccccc2)cc1. The van der Waals surface area contributed by atoms with Crippen LogP contribution in [-0.4, -0.2) is 6.71 Å². The summed E-state index contributed by atoms with van der Waals surface area (Å²) in [4.78, 5) is 7.25. The van der Waals surface area contributed by atoms with Gasteiger partial charge in [-0.25, -0.2) is 0 Å². The maximum atomic E-state index is 7.09. The van der Waals surface area contributed by atoms with Gasteiger partial charge in [0.1, 0.15) is 11.5 Å². The molecule has 0 aliphatic carbocycles. The van der Waals surface area contributed by atoms with E-state index in [4.69, 9.17) is 4.74 Å². The highest BCUT2D eigenvalue weighted by Crippen LogP contribution is 2.54. The zero-order valence-corrected chi connectivity index (χ0v) is 32.8. The second kappa shape index (κ2) is 13.0. The first-order valence-corrected chi connectivity index (χ1v) is 20.4. The van der Waals surface area contributed by atoms with E-state index >= 15 is 0 Å². The summed E-state index contributed by atoms with van der Waals surface area (Å²) in [6.07, 6.45) is 0. The van der Waals surface area contributed by atoms with Gasteiger partial charge in [0.25, 0.3) is 6.71 Å². The van der Waals surface area contributed by atoms with Gasteiger partial charge in [-0.3, -0.25) is 0 Å². The number of ether oxygens (including phenoxy) is 1. The summed E-state index contributed by atoms with van der Waals surface area (Å²) in [5.41, 5.74) is 18.7. The van der Waals surface area contributed by atoms with Gasteiger partial charge in [0.2, 0.25) is 0 Å². The molecule has 3 aliphatic heterocycles. The molecule has 0 fully saturated rings. The molecule has 0 radical (unpaired) electrons. The van der Waals surface area contributed by atoms with Gasteiger partial charge in [-0.2, -0.15) is 0 Å². The smallest absolute Gasteiger partial charge is 0.256 e. The molecule has 3 aliphatic rings. The van der Waals surface area contributed by atoms with E-state index in [-0.39, 0.29) is 6.71 Å². The van der Waals surface area contributed by atoms with E-state index in [1.165, 1.54) is 49.5 Å². The van der Waals surface area contributed by atoms with Crippen LogP contribution in [0.4, 0.5) is 51.2 Å². The van der Waals surface area contributed by atoms with Gasteiger partial charge < -0.3 is 19.4 Å². The summed E-state index contributed by atoms with van der Waals surface area (Å²) in [6.45, 7) is 4.32. The molecule has 0 unspecified atom stereocenters. The average Bonchev–Trinajstić information content (AvgIpc) is 3.28. The van der Waals surface area contributed by atoms with Gasteiger partial charge in [0.05, 0.1) is 17.1 Å². The van der Waals surface area contributed by atoms with Crippen molar-refractivity contribution in [2.24, 2.45) is 0 Å². The summed E-state index contributed by atoms with van der Waals surface area (Å²) in [5.74, 6) is 1.80. The van der Waals surface area contributed by atoms with Crippen LogP contribution in [-0.2, 0) is 0 Å². The largest absolute Gasteiger partial charge is 0.458 e. The Kier molecular flexibility index (Phi) is 7.42. The lowest BCUT2D eigenvalue weighted by Gasteiger charge is -2.41. The van der Waals surface area contributed by atoms with Crippen molar-refractivity contribution in [1.29, 1.82) is 0 Å². The fourth-order valence-electron chi connectivity index (χ4n) is 9.76. The minimum absolute atomic E-state index is 0.0191. The number of aryl methyl sites for hydroxylation is 2. The first-order valence-electron chi connectivity index (χ1n) is 20.4. The Labute approximate surface area is 344 Å². The highest BCUT2D eigenvalue weighted by molar-refractivity contribution is 6.99. The van der Waals surface area contributed by atoms with E-state index in [0.717, 1.165) is 62.6 Å². The molecule has 0 N–H and O–H groups in total. The van der Waals surface area contributed by atoms with Crippen LogP contribution in [0.5, 0.6) is 11.5 Å². The highest BCUT2D eigenvalue weighted by Gasteiger charge is 2.43. The maximum Gasteiger partial charge on any atom is 0.256 e. The quantitative estimate of drug-likeness (QED) is 0.163. The van der Waals surface area contributed by atoms with Crippen LogP contribution in [0.25, 0.3) is 21.9 Å². The van der Waals surface area contributed by atoms with Gasteiger partial charge in [-0.1, -0.05) is 114 Å². The van der Waals surface area contributed by atoms with Crippen LogP contribution < -0.4 is 35.8 Å². The van der Waals surface area contributed by atoms with E-state index in [9.17, 15) is 0 Å². The third-order valence-electron chi connectivity index (χ3n) is 12.3. The molecule has 0 saturated heterocycles. The van der Waals surface area contributed by atoms with E-state index in [1.54, 1.807) is 0 Å². The van der Waals surface area contributed by atoms with Crippen molar-refractivity contribution in [2.45, 2.75) is 13.8 Å². The summed E-state index contributed by atoms with van der Waals surface area (Å²) in [5, 5.41) is 2.39. The van der Waals surface area contributed by atoms with Crippen molar-refractivity contribution in [3.63, 3.8) is 0 Å². The lowest BCUT2D eigenvalue weighted by atomic mass is 9.34. The van der Waals surface area contributed by atoms with Crippen molar-refractivity contribution in [3.05, 3.63) is 205 Å². The Morgan fingerprint density at radius 3 is 1.83 bits per heavy atom. The molecule has 278 valence electrons. The number of nitrogens with zero attached hydrogens (tertiary/aromatic N) is 3. The van der Waals surface area contributed by atoms with E-state index in [0.29, 0.717) is 0 Å². The van der Waals surface area contributed by atoms with Gasteiger partial charge in [0.15, 0.2) is 0 Å². The number of hydrogen-bond donors (Lipinski definition) is 0. The van der Waals surface area contributed by atoms with E-state index < -0.39 is 0 Å². The van der Waals surface area contributed by atoms with Crippen LogP contribution in [0.15, 0.2) is 194 Å². The van der Waals surface area contributed by atoms with Crippen LogP contribution in [0.1, 0.15) is 11.1 Å². The van der Waals surface area contributed by atoms with Crippen molar-refractivity contribution < 1.29 is 4.74 Å². The van der Waals surface area contributed by atoms with Crippen LogP contribution in [0.3, 0.4) is 0 Å². The molecule has 0 bridgehead atoms. The molecule has 59 heavy (non-hydrogen) atoms. The maximum absolute atomic E-state index is 7.09. The molecule has 0 aromatic heterocycles. The van der Waals surface area contributed by atoms with Crippen LogP contribution in [0.2, 0.25) is 0 Å². The summed E-state index contributed by atoms with van der Waals surface area (Å²) in [6, 6.07) is 70.6. The first kappa shape index (κ1) is 33.6. The Morgan fingerprint density at radius 2 is 1.08 bits per heavy atom. The molecule has 0 amide bonds. The molecular weight excluding hydrogens is 717 g/mol. The van der Waals surface area contributed by atoms with Gasteiger partial charge >= 0.3 is 0 Å². The Hall–Kier alpha value is -7.50. The predicted molar refractivity (Wildman–Crippen MR) is 248 cm³/mol. The van der Waals surface area contributed by atoms with Crippen LogP contribution in [0, 0.1) is 13.8 Å². The number of benzene rings is 9. The van der Waals surface area contributed by atoms with Crippen molar-refractivity contribution in [1.82, 2.24) is 0 Å². The Morgan fingerprint density at radius 1 is 0.441 bits per heavy atom. The molecule has 0 saturated carbocycles. The average molecular weight is 756 g/mol.